The molecule has 0 radical (unpaired) electrons. The first-order valence-corrected chi connectivity index (χ1v) is 10.4. The zero-order valence-corrected chi connectivity index (χ0v) is 17.4. The predicted molar refractivity (Wildman–Crippen MR) is 106 cm³/mol. The van der Waals surface area contributed by atoms with Gasteiger partial charge in [0.25, 0.3) is 5.91 Å². The van der Waals surface area contributed by atoms with E-state index in [1.165, 1.54) is 6.26 Å². The summed E-state index contributed by atoms with van der Waals surface area (Å²) in [5.41, 5.74) is 0.0309. The topological polar surface area (TPSA) is 102 Å². The highest BCUT2D eigenvalue weighted by Crippen LogP contribution is 2.44. The summed E-state index contributed by atoms with van der Waals surface area (Å²) in [6.07, 6.45) is -1.67. The van der Waals surface area contributed by atoms with E-state index in [-0.39, 0.29) is 30.5 Å². The summed E-state index contributed by atoms with van der Waals surface area (Å²) in [4.78, 5) is 26.3. The van der Waals surface area contributed by atoms with Crippen molar-refractivity contribution >= 4 is 17.8 Å². The first-order chi connectivity index (χ1) is 15.3. The third-order valence-corrected chi connectivity index (χ3v) is 5.73. The number of hydrogen-bond acceptors (Lipinski definition) is 6. The summed E-state index contributed by atoms with van der Waals surface area (Å²) >= 11 is 0. The Morgan fingerprint density at radius 3 is 2.72 bits per heavy atom. The number of aromatic nitrogens is 2. The lowest BCUT2D eigenvalue weighted by Crippen LogP contribution is -2.46. The SMILES string of the molecule is CCOC(=O)N1CCC(NC(=O)c2cnn3c2N[C@@H](c2ccco2)C[C@H]3C(F)(F)F)CC1. The summed E-state index contributed by atoms with van der Waals surface area (Å²) in [6.45, 7) is 2.86. The fourth-order valence-electron chi connectivity index (χ4n) is 4.09. The van der Waals surface area contributed by atoms with Gasteiger partial charge in [-0.25, -0.2) is 9.48 Å². The largest absolute Gasteiger partial charge is 0.467 e. The minimum Gasteiger partial charge on any atom is -0.467 e. The van der Waals surface area contributed by atoms with Crippen LogP contribution in [0.25, 0.3) is 0 Å². The highest BCUT2D eigenvalue weighted by Gasteiger charge is 2.47. The summed E-state index contributed by atoms with van der Waals surface area (Å²) < 4.78 is 52.2. The number of halogens is 3. The van der Waals surface area contributed by atoms with E-state index >= 15 is 0 Å². The Labute approximate surface area is 181 Å². The van der Waals surface area contributed by atoms with Gasteiger partial charge in [0.15, 0.2) is 6.04 Å². The van der Waals surface area contributed by atoms with Crippen LogP contribution in [0.1, 0.15) is 54.4 Å². The molecule has 2 aromatic heterocycles. The molecule has 4 heterocycles. The molecule has 0 unspecified atom stereocenters. The van der Waals surface area contributed by atoms with Gasteiger partial charge in [-0.2, -0.15) is 18.3 Å². The number of amides is 2. The number of nitrogens with one attached hydrogen (secondary N) is 2. The molecule has 174 valence electrons. The molecule has 0 saturated carbocycles. The number of piperidine rings is 1. The number of carbonyl (C=O) groups is 2. The van der Waals surface area contributed by atoms with E-state index in [0.717, 1.165) is 10.9 Å². The number of fused-ring (bicyclic) bond motifs is 1. The molecule has 0 aliphatic carbocycles. The lowest BCUT2D eigenvalue weighted by Gasteiger charge is -2.33. The van der Waals surface area contributed by atoms with Crippen LogP contribution >= 0.6 is 0 Å². The molecule has 0 bridgehead atoms. The van der Waals surface area contributed by atoms with Crippen LogP contribution in [-0.2, 0) is 4.74 Å². The number of carbonyl (C=O) groups excluding carboxylic acids is 2. The zero-order chi connectivity index (χ0) is 22.9. The Kier molecular flexibility index (Phi) is 6.02. The average molecular weight is 455 g/mol. The van der Waals surface area contributed by atoms with Crippen molar-refractivity contribution in [1.29, 1.82) is 0 Å². The van der Waals surface area contributed by atoms with Gasteiger partial charge in [0.1, 0.15) is 17.1 Å². The van der Waals surface area contributed by atoms with Crippen LogP contribution in [0, 0.1) is 0 Å². The van der Waals surface area contributed by atoms with Crippen LogP contribution in [0.2, 0.25) is 0 Å². The molecular formula is C20H24F3N5O4. The number of likely N-dealkylation sites (tertiary alicyclic amines) is 1. The molecule has 2 aromatic rings. The minimum absolute atomic E-state index is 0.00133. The maximum Gasteiger partial charge on any atom is 0.410 e. The smallest absolute Gasteiger partial charge is 0.410 e. The van der Waals surface area contributed by atoms with Crippen molar-refractivity contribution in [3.8, 4) is 0 Å². The molecule has 2 aliphatic rings. The second-order valence-electron chi connectivity index (χ2n) is 7.79. The van der Waals surface area contributed by atoms with E-state index in [1.807, 2.05) is 0 Å². The Bertz CT molecular complexity index is 951. The van der Waals surface area contributed by atoms with Gasteiger partial charge >= 0.3 is 12.3 Å². The van der Waals surface area contributed by atoms with Gasteiger partial charge in [-0.3, -0.25) is 4.79 Å². The first kappa shape index (κ1) is 22.0. The summed E-state index contributed by atoms with van der Waals surface area (Å²) in [6, 6.07) is 0.339. The van der Waals surface area contributed by atoms with E-state index in [0.29, 0.717) is 31.7 Å². The quantitative estimate of drug-likeness (QED) is 0.732. The van der Waals surface area contributed by atoms with Gasteiger partial charge in [0.2, 0.25) is 0 Å². The van der Waals surface area contributed by atoms with Crippen LogP contribution in [-0.4, -0.2) is 58.6 Å². The predicted octanol–water partition coefficient (Wildman–Crippen LogP) is 3.49. The van der Waals surface area contributed by atoms with E-state index in [1.54, 1.807) is 24.0 Å². The van der Waals surface area contributed by atoms with E-state index in [4.69, 9.17) is 9.15 Å². The normalized spacial score (nSPS) is 21.6. The second-order valence-corrected chi connectivity index (χ2v) is 7.79. The van der Waals surface area contributed by atoms with Gasteiger partial charge in [-0.15, -0.1) is 0 Å². The maximum atomic E-state index is 13.7. The van der Waals surface area contributed by atoms with Crippen LogP contribution in [0.3, 0.4) is 0 Å². The molecule has 2 atom stereocenters. The number of anilines is 1. The Morgan fingerprint density at radius 2 is 2.09 bits per heavy atom. The zero-order valence-electron chi connectivity index (χ0n) is 17.4. The fourth-order valence-corrected chi connectivity index (χ4v) is 4.09. The number of hydrogen-bond donors (Lipinski definition) is 2. The van der Waals surface area contributed by atoms with Crippen LogP contribution in [0.4, 0.5) is 23.8 Å². The molecule has 1 fully saturated rings. The molecule has 32 heavy (non-hydrogen) atoms. The number of rotatable bonds is 4. The first-order valence-electron chi connectivity index (χ1n) is 10.4. The van der Waals surface area contributed by atoms with Gasteiger partial charge in [-0.1, -0.05) is 0 Å². The Hall–Kier alpha value is -3.18. The lowest BCUT2D eigenvalue weighted by atomic mass is 10.0. The van der Waals surface area contributed by atoms with Crippen molar-refractivity contribution in [1.82, 2.24) is 20.0 Å². The van der Waals surface area contributed by atoms with Crippen LogP contribution < -0.4 is 10.6 Å². The van der Waals surface area contributed by atoms with E-state index in [9.17, 15) is 22.8 Å². The highest BCUT2D eigenvalue weighted by molar-refractivity contribution is 5.99. The Balaban J connectivity index is 1.48. The third-order valence-electron chi connectivity index (χ3n) is 5.73. The number of ether oxygens (including phenoxy) is 1. The lowest BCUT2D eigenvalue weighted by molar-refractivity contribution is -0.174. The molecule has 2 aliphatic heterocycles. The van der Waals surface area contributed by atoms with Crippen molar-refractivity contribution in [2.45, 2.75) is 50.5 Å². The van der Waals surface area contributed by atoms with E-state index in [2.05, 4.69) is 15.7 Å². The standard InChI is InChI=1S/C20H24F3N5O4/c1-2-31-19(30)27-7-5-12(6-8-27)25-18(29)13-11-24-28-16(20(21,22)23)10-14(26-17(13)28)15-4-3-9-32-15/h3-4,9,11-12,14,16,26H,2,5-8,10H2,1H3,(H,25,29)/t14-,16+/m1/s1. The number of furan rings is 1. The second kappa shape index (κ2) is 8.75. The Morgan fingerprint density at radius 1 is 1.34 bits per heavy atom. The van der Waals surface area contributed by atoms with Crippen molar-refractivity contribution in [3.05, 3.63) is 35.9 Å². The molecule has 0 aromatic carbocycles. The molecule has 2 N–H and O–H groups in total. The van der Waals surface area contributed by atoms with Crippen molar-refractivity contribution in [2.24, 2.45) is 0 Å². The van der Waals surface area contributed by atoms with E-state index < -0.39 is 30.3 Å². The molecule has 0 spiro atoms. The van der Waals surface area contributed by atoms with Crippen LogP contribution in [0.5, 0.6) is 0 Å². The maximum absolute atomic E-state index is 13.7. The third kappa shape index (κ3) is 4.39. The average Bonchev–Trinajstić information content (AvgIpc) is 3.43. The molecule has 4 rings (SSSR count). The van der Waals surface area contributed by atoms with Gasteiger partial charge in [0.05, 0.1) is 25.1 Å². The van der Waals surface area contributed by atoms with Crippen molar-refractivity contribution < 1.29 is 31.9 Å². The molecular weight excluding hydrogens is 431 g/mol. The molecule has 2 amide bonds. The minimum atomic E-state index is -4.54. The van der Waals surface area contributed by atoms with Gasteiger partial charge in [-0.05, 0) is 31.9 Å². The number of alkyl halides is 3. The van der Waals surface area contributed by atoms with Crippen LogP contribution in [0.15, 0.2) is 29.0 Å². The molecule has 1 saturated heterocycles. The summed E-state index contributed by atoms with van der Waals surface area (Å²) in [7, 11) is 0. The monoisotopic (exact) mass is 455 g/mol. The summed E-state index contributed by atoms with van der Waals surface area (Å²) in [5, 5.41) is 9.69. The fraction of sp³-hybridized carbons (Fsp3) is 0.550. The summed E-state index contributed by atoms with van der Waals surface area (Å²) in [5.74, 6) is -0.166. The van der Waals surface area contributed by atoms with Crippen molar-refractivity contribution in [2.75, 3.05) is 25.0 Å². The van der Waals surface area contributed by atoms with Crippen molar-refractivity contribution in [3.63, 3.8) is 0 Å². The molecule has 12 heteroatoms. The van der Waals surface area contributed by atoms with Gasteiger partial charge in [0, 0.05) is 25.6 Å². The molecule has 9 nitrogen and oxygen atoms in total. The van der Waals surface area contributed by atoms with Gasteiger partial charge < -0.3 is 24.7 Å². The highest BCUT2D eigenvalue weighted by atomic mass is 19.4. The number of nitrogens with zero attached hydrogens (tertiary/aromatic N) is 3.